The van der Waals surface area contributed by atoms with E-state index in [1.807, 2.05) is 0 Å². The molecule has 0 saturated heterocycles. The van der Waals surface area contributed by atoms with Crippen molar-refractivity contribution in [3.05, 3.63) is 10.8 Å². The van der Waals surface area contributed by atoms with Gasteiger partial charge in [-0.15, -0.1) is 0 Å². The third-order valence-corrected chi connectivity index (χ3v) is 4.79. The van der Waals surface area contributed by atoms with Crippen molar-refractivity contribution in [3.8, 4) is 5.88 Å². The Morgan fingerprint density at radius 1 is 1.32 bits per heavy atom. The Morgan fingerprint density at radius 2 is 2.00 bits per heavy atom. The van der Waals surface area contributed by atoms with E-state index in [0.29, 0.717) is 0 Å². The molecular weight excluding hydrogens is 404 g/mol. The predicted molar refractivity (Wildman–Crippen MR) is 82.6 cm³/mol. The number of halogens is 1. The molecule has 0 fully saturated rings. The molecule has 1 rings (SSSR count). The molecule has 13 heteroatoms. The molecule has 126 valence electrons. The fourth-order valence-electron chi connectivity index (χ4n) is 1.19. The first-order chi connectivity index (χ1) is 10.1. The van der Waals surface area contributed by atoms with Crippen molar-refractivity contribution in [1.82, 2.24) is 14.7 Å². The van der Waals surface area contributed by atoms with E-state index in [1.165, 1.54) is 0 Å². The first-order valence-corrected chi connectivity index (χ1v) is 10.2. The summed E-state index contributed by atoms with van der Waals surface area (Å²) in [7, 11) is -7.28. The Morgan fingerprint density at radius 3 is 2.59 bits per heavy atom. The molecule has 1 aromatic heterocycles. The van der Waals surface area contributed by atoms with Gasteiger partial charge in [0.1, 0.15) is 27.2 Å². The van der Waals surface area contributed by atoms with E-state index in [4.69, 9.17) is 9.84 Å². The van der Waals surface area contributed by atoms with E-state index in [1.54, 1.807) is 0 Å². The van der Waals surface area contributed by atoms with Crippen LogP contribution in [-0.4, -0.2) is 63.7 Å². The Bertz CT molecular complexity index is 709. The maximum Gasteiger partial charge on any atom is 0.300 e. The average molecular weight is 419 g/mol. The van der Waals surface area contributed by atoms with Crippen LogP contribution in [0.25, 0.3) is 0 Å². The molecule has 22 heavy (non-hydrogen) atoms. The lowest BCUT2D eigenvalue weighted by Crippen LogP contribution is -2.34. The number of aliphatic hydroxyl groups is 1. The van der Waals surface area contributed by atoms with Crippen molar-refractivity contribution in [3.63, 3.8) is 0 Å². The summed E-state index contributed by atoms with van der Waals surface area (Å²) in [5, 5.41) is 8.68. The van der Waals surface area contributed by atoms with Crippen LogP contribution in [0.5, 0.6) is 5.88 Å². The maximum atomic E-state index is 11.8. The molecule has 1 aromatic rings. The summed E-state index contributed by atoms with van der Waals surface area (Å²) in [4.78, 5) is 7.52. The molecule has 0 aliphatic carbocycles. The van der Waals surface area contributed by atoms with Gasteiger partial charge in [-0.1, -0.05) is 0 Å². The molecule has 0 unspecified atom stereocenters. The van der Waals surface area contributed by atoms with Gasteiger partial charge in [-0.05, 0) is 15.9 Å². The van der Waals surface area contributed by atoms with Crippen molar-refractivity contribution in [1.29, 1.82) is 0 Å². The molecule has 0 aromatic carbocycles. The van der Waals surface area contributed by atoms with Crippen molar-refractivity contribution < 1.29 is 26.7 Å². The van der Waals surface area contributed by atoms with Crippen LogP contribution in [0.3, 0.4) is 0 Å². The minimum atomic E-state index is -4.01. The lowest BCUT2D eigenvalue weighted by molar-refractivity contribution is 0.196. The van der Waals surface area contributed by atoms with E-state index >= 15 is 0 Å². The molecule has 1 heterocycles. The van der Waals surface area contributed by atoms with Crippen molar-refractivity contribution in [2.75, 3.05) is 36.5 Å². The Labute approximate surface area is 136 Å². The predicted octanol–water partition coefficient (Wildman–Crippen LogP) is -1.10. The summed E-state index contributed by atoms with van der Waals surface area (Å²) in [6, 6.07) is 0. The zero-order chi connectivity index (χ0) is 16.8. The lowest BCUT2D eigenvalue weighted by atomic mass is 10.6. The summed E-state index contributed by atoms with van der Waals surface area (Å²) in [6.07, 6.45) is 2.08. The van der Waals surface area contributed by atoms with Crippen molar-refractivity contribution >= 4 is 41.8 Å². The van der Waals surface area contributed by atoms with Gasteiger partial charge in [0.15, 0.2) is 5.82 Å². The third-order valence-electron chi connectivity index (χ3n) is 2.08. The number of aliphatic hydroxyl groups excluding tert-OH is 1. The van der Waals surface area contributed by atoms with Crippen LogP contribution >= 0.6 is 15.9 Å². The Balaban J connectivity index is 2.76. The number of nitrogens with zero attached hydrogens (tertiary/aromatic N) is 2. The first kappa shape index (κ1) is 19.0. The largest absolute Gasteiger partial charge is 0.474 e. The number of rotatable bonds is 9. The highest BCUT2D eigenvalue weighted by atomic mass is 79.9. The monoisotopic (exact) mass is 418 g/mol. The summed E-state index contributed by atoms with van der Waals surface area (Å²) < 4.78 is 54.9. The number of hydrogen-bond acceptors (Lipinski definition) is 8. The quantitative estimate of drug-likeness (QED) is 0.457. The van der Waals surface area contributed by atoms with Gasteiger partial charge < -0.3 is 9.84 Å². The van der Waals surface area contributed by atoms with Gasteiger partial charge in [0, 0.05) is 12.8 Å². The molecule has 0 spiro atoms. The number of aromatic nitrogens is 2. The number of anilines is 1. The molecule has 0 radical (unpaired) electrons. The van der Waals surface area contributed by atoms with Gasteiger partial charge in [-0.3, -0.25) is 4.72 Å². The first-order valence-electron chi connectivity index (χ1n) is 5.84. The van der Waals surface area contributed by atoms with E-state index < -0.39 is 20.0 Å². The minimum absolute atomic E-state index is 0.0194. The highest BCUT2D eigenvalue weighted by Crippen LogP contribution is 2.28. The second-order valence-electron chi connectivity index (χ2n) is 4.04. The normalized spacial score (nSPS) is 12.1. The molecule has 0 aliphatic heterocycles. The van der Waals surface area contributed by atoms with E-state index in [2.05, 4.69) is 35.3 Å². The highest BCUT2D eigenvalue weighted by Gasteiger charge is 2.17. The topological polar surface area (TPSA) is 148 Å². The molecule has 3 N–H and O–H groups in total. The van der Waals surface area contributed by atoms with Crippen LogP contribution < -0.4 is 14.2 Å². The summed E-state index contributed by atoms with van der Waals surface area (Å²) in [6.45, 7) is -0.524. The minimum Gasteiger partial charge on any atom is -0.474 e. The van der Waals surface area contributed by atoms with E-state index in [-0.39, 0.29) is 41.7 Å². The number of ether oxygens (including phenoxy) is 1. The average Bonchev–Trinajstić information content (AvgIpc) is 2.37. The molecule has 0 amide bonds. The fraction of sp³-hybridized carbons (Fsp3) is 0.556. The van der Waals surface area contributed by atoms with Gasteiger partial charge in [0.25, 0.3) is 10.2 Å². The van der Waals surface area contributed by atoms with Gasteiger partial charge in [-0.25, -0.2) is 18.4 Å². The van der Waals surface area contributed by atoms with E-state index in [9.17, 15) is 16.8 Å². The van der Waals surface area contributed by atoms with Gasteiger partial charge in [-0.2, -0.15) is 13.1 Å². The second kappa shape index (κ2) is 8.01. The molecule has 0 bridgehead atoms. The van der Waals surface area contributed by atoms with Gasteiger partial charge >= 0.3 is 0 Å². The molecule has 0 atom stereocenters. The summed E-state index contributed by atoms with van der Waals surface area (Å²) in [5.74, 6) is -0.364. The van der Waals surface area contributed by atoms with Crippen LogP contribution in [0.1, 0.15) is 0 Å². The molecule has 0 aliphatic rings. The molecule has 0 saturated carbocycles. The van der Waals surface area contributed by atoms with Crippen LogP contribution in [-0.2, 0) is 20.0 Å². The SMILES string of the molecule is CS(=O)(=O)CCNS(=O)(=O)Nc1ncnc(OCCO)c1Br. The standard InChI is InChI=1S/C9H15BrN4O6S2/c1-21(16,17)5-2-13-22(18,19)14-8-7(10)9(12-6-11-8)20-4-3-15/h6,13,15H,2-5H2,1H3,(H,11,12,14). The van der Waals surface area contributed by atoms with Gasteiger partial charge in [0.2, 0.25) is 5.88 Å². The second-order valence-corrected chi connectivity index (χ2v) is 8.60. The molecular formula is C9H15BrN4O6S2. The zero-order valence-electron chi connectivity index (χ0n) is 11.5. The highest BCUT2D eigenvalue weighted by molar-refractivity contribution is 9.10. The molecule has 10 nitrogen and oxygen atoms in total. The van der Waals surface area contributed by atoms with E-state index in [0.717, 1.165) is 12.6 Å². The van der Waals surface area contributed by atoms with Gasteiger partial charge in [0.05, 0.1) is 12.4 Å². The van der Waals surface area contributed by atoms with Crippen molar-refractivity contribution in [2.45, 2.75) is 0 Å². The summed E-state index contributed by atoms with van der Waals surface area (Å²) >= 11 is 3.08. The summed E-state index contributed by atoms with van der Waals surface area (Å²) in [5.41, 5.74) is 0. The maximum absolute atomic E-state index is 11.8. The number of nitrogens with one attached hydrogen (secondary N) is 2. The zero-order valence-corrected chi connectivity index (χ0v) is 14.7. The lowest BCUT2D eigenvalue weighted by Gasteiger charge is -2.11. The Hall–Kier alpha value is -1.02. The van der Waals surface area contributed by atoms with Crippen LogP contribution in [0.2, 0.25) is 0 Å². The van der Waals surface area contributed by atoms with Crippen LogP contribution in [0, 0.1) is 0 Å². The van der Waals surface area contributed by atoms with Crippen LogP contribution in [0.4, 0.5) is 5.82 Å². The number of sulfone groups is 1. The van der Waals surface area contributed by atoms with Crippen molar-refractivity contribution in [2.24, 2.45) is 0 Å². The fourth-order valence-corrected chi connectivity index (χ4v) is 3.20. The van der Waals surface area contributed by atoms with Crippen LogP contribution in [0.15, 0.2) is 10.8 Å². The Kier molecular flexibility index (Phi) is 6.93. The smallest absolute Gasteiger partial charge is 0.300 e. The third kappa shape index (κ3) is 6.83. The number of hydrogen-bond donors (Lipinski definition) is 3.